The van der Waals surface area contributed by atoms with E-state index in [1.54, 1.807) is 0 Å². The number of aliphatic hydroxyl groups is 1. The van der Waals surface area contributed by atoms with Crippen LogP contribution < -0.4 is 14.8 Å². The summed E-state index contributed by atoms with van der Waals surface area (Å²) >= 11 is 0. The van der Waals surface area contributed by atoms with Gasteiger partial charge in [-0.25, -0.2) is 4.79 Å². The lowest BCUT2D eigenvalue weighted by atomic mass is 9.69. The molecule has 3 aromatic rings. The normalized spacial score (nSPS) is 25.2. The van der Waals surface area contributed by atoms with Crippen LogP contribution in [0.15, 0.2) is 66.7 Å². The van der Waals surface area contributed by atoms with Crippen molar-refractivity contribution >= 4 is 22.6 Å². The van der Waals surface area contributed by atoms with Gasteiger partial charge < -0.3 is 14.6 Å². The Kier molecular flexibility index (Phi) is 5.08. The molecule has 1 spiro atoms. The van der Waals surface area contributed by atoms with E-state index < -0.39 is 12.2 Å². The summed E-state index contributed by atoms with van der Waals surface area (Å²) in [6, 6.07) is 17.6. The maximum atomic E-state index is 13.0. The van der Waals surface area contributed by atoms with Gasteiger partial charge in [-0.1, -0.05) is 61.5 Å². The van der Waals surface area contributed by atoms with E-state index >= 15 is 0 Å². The number of nitrogens with one attached hydrogen (secondary N) is 1. The van der Waals surface area contributed by atoms with Crippen LogP contribution in [0.3, 0.4) is 0 Å². The monoisotopic (exact) mass is 456 g/mol. The van der Waals surface area contributed by atoms with Gasteiger partial charge in [0.25, 0.3) is 0 Å². The van der Waals surface area contributed by atoms with Gasteiger partial charge in [0.15, 0.2) is 11.5 Å². The second-order valence-corrected chi connectivity index (χ2v) is 9.40. The summed E-state index contributed by atoms with van der Waals surface area (Å²) in [6.45, 7) is 4.92. The van der Waals surface area contributed by atoms with Crippen LogP contribution in [-0.4, -0.2) is 41.4 Å². The maximum Gasteiger partial charge on any atom is 0.417 e. The molecule has 1 aliphatic carbocycles. The highest BCUT2D eigenvalue weighted by Gasteiger charge is 2.52. The van der Waals surface area contributed by atoms with Crippen LogP contribution in [0.2, 0.25) is 0 Å². The first-order valence-electron chi connectivity index (χ1n) is 12.0. The molecule has 0 aromatic heterocycles. The van der Waals surface area contributed by atoms with Gasteiger partial charge in [-0.05, 0) is 42.6 Å². The number of fused-ring (bicyclic) bond motifs is 1. The van der Waals surface area contributed by atoms with Crippen LogP contribution in [0.4, 0.5) is 10.5 Å². The zero-order valence-electron chi connectivity index (χ0n) is 19.2. The lowest BCUT2D eigenvalue weighted by molar-refractivity contribution is 0.0813. The van der Waals surface area contributed by atoms with E-state index in [-0.39, 0.29) is 11.5 Å². The Balaban J connectivity index is 1.35. The van der Waals surface area contributed by atoms with E-state index in [0.717, 1.165) is 42.4 Å². The van der Waals surface area contributed by atoms with Gasteiger partial charge in [0, 0.05) is 23.9 Å². The second-order valence-electron chi connectivity index (χ2n) is 9.40. The summed E-state index contributed by atoms with van der Waals surface area (Å²) in [5, 5.41) is 15.2. The van der Waals surface area contributed by atoms with E-state index in [0.29, 0.717) is 23.6 Å². The van der Waals surface area contributed by atoms with Crippen LogP contribution in [0.5, 0.6) is 11.5 Å². The van der Waals surface area contributed by atoms with Crippen molar-refractivity contribution in [1.82, 2.24) is 4.90 Å². The Labute approximate surface area is 198 Å². The third-order valence-corrected chi connectivity index (χ3v) is 7.49. The average molecular weight is 457 g/mol. The predicted octanol–water partition coefficient (Wildman–Crippen LogP) is 5.00. The van der Waals surface area contributed by atoms with Crippen LogP contribution in [0, 0.1) is 0 Å². The zero-order valence-corrected chi connectivity index (χ0v) is 19.2. The first-order chi connectivity index (χ1) is 16.6. The molecule has 3 aliphatic rings. The SMILES string of the molecule is CCN1CC[C@@]23C=C[C@H](O)C[C@@H]2Oc2c(OC(=O)Nc4cccc5ccccc45)ccc(c23)C1. The van der Waals surface area contributed by atoms with Crippen LogP contribution in [0.1, 0.15) is 30.9 Å². The Hall–Kier alpha value is -3.35. The molecule has 2 aliphatic heterocycles. The molecule has 34 heavy (non-hydrogen) atoms. The molecule has 0 bridgehead atoms. The molecule has 3 atom stereocenters. The first-order valence-corrected chi connectivity index (χ1v) is 12.0. The number of rotatable bonds is 3. The van der Waals surface area contributed by atoms with Gasteiger partial charge in [0.05, 0.1) is 17.2 Å². The average Bonchev–Trinajstić information content (AvgIpc) is 3.08. The number of amides is 1. The summed E-state index contributed by atoms with van der Waals surface area (Å²) < 4.78 is 12.3. The fourth-order valence-electron chi connectivity index (χ4n) is 5.75. The minimum absolute atomic E-state index is 0.177. The lowest BCUT2D eigenvalue weighted by Crippen LogP contribution is -2.43. The van der Waals surface area contributed by atoms with Gasteiger partial charge in [0.1, 0.15) is 6.10 Å². The molecule has 1 amide bonds. The van der Waals surface area contributed by atoms with Crippen molar-refractivity contribution in [2.24, 2.45) is 0 Å². The molecule has 2 N–H and O–H groups in total. The summed E-state index contributed by atoms with van der Waals surface area (Å²) in [5.41, 5.74) is 2.69. The number of aliphatic hydroxyl groups excluding tert-OH is 1. The van der Waals surface area contributed by atoms with Crippen LogP contribution in [0.25, 0.3) is 10.8 Å². The molecule has 3 aromatic carbocycles. The standard InChI is InChI=1S/C28H28N2O4/c1-2-30-15-14-28-13-12-20(31)16-24(28)34-26-23(11-10-19(17-30)25(26)28)33-27(32)29-22-9-5-7-18-6-3-4-8-21(18)22/h3-13,20,24,31H,2,14-17H2,1H3,(H,29,32)/t20-,24-,28-/m0/s1. The molecule has 6 rings (SSSR count). The number of carbonyl (C=O) groups is 1. The Morgan fingerprint density at radius 3 is 2.94 bits per heavy atom. The zero-order chi connectivity index (χ0) is 23.3. The minimum atomic E-state index is -0.556. The van der Waals surface area contributed by atoms with Gasteiger partial charge in [-0.3, -0.25) is 10.2 Å². The lowest BCUT2D eigenvalue weighted by Gasteiger charge is -2.35. The van der Waals surface area contributed by atoms with Gasteiger partial charge in [0.2, 0.25) is 0 Å². The molecule has 0 radical (unpaired) electrons. The minimum Gasteiger partial charge on any atom is -0.485 e. The van der Waals surface area contributed by atoms with Crippen molar-refractivity contribution in [3.05, 3.63) is 77.9 Å². The molecule has 0 fully saturated rings. The van der Waals surface area contributed by atoms with Gasteiger partial charge in [-0.15, -0.1) is 0 Å². The molecule has 2 heterocycles. The number of carbonyl (C=O) groups excluding carboxylic acids is 1. The van der Waals surface area contributed by atoms with E-state index in [2.05, 4.69) is 29.3 Å². The fraction of sp³-hybridized carbons (Fsp3) is 0.321. The van der Waals surface area contributed by atoms with E-state index in [1.165, 1.54) is 5.56 Å². The first kappa shape index (κ1) is 21.2. The van der Waals surface area contributed by atoms with E-state index in [4.69, 9.17) is 9.47 Å². The largest absolute Gasteiger partial charge is 0.485 e. The van der Waals surface area contributed by atoms with Crippen molar-refractivity contribution < 1.29 is 19.4 Å². The number of hydrogen-bond acceptors (Lipinski definition) is 5. The van der Waals surface area contributed by atoms with Crippen molar-refractivity contribution in [3.8, 4) is 11.5 Å². The van der Waals surface area contributed by atoms with E-state index in [1.807, 2.05) is 54.6 Å². The molecule has 6 nitrogen and oxygen atoms in total. The molecule has 0 saturated carbocycles. The fourth-order valence-corrected chi connectivity index (χ4v) is 5.75. The Morgan fingerprint density at radius 1 is 1.21 bits per heavy atom. The molecular formula is C28H28N2O4. The molecule has 174 valence electrons. The summed E-state index contributed by atoms with van der Waals surface area (Å²) in [7, 11) is 0. The molecule has 0 unspecified atom stereocenters. The third-order valence-electron chi connectivity index (χ3n) is 7.49. The third kappa shape index (κ3) is 3.37. The second kappa shape index (κ2) is 8.15. The summed E-state index contributed by atoms with van der Waals surface area (Å²) in [6.07, 6.45) is 4.18. The topological polar surface area (TPSA) is 71.0 Å². The smallest absolute Gasteiger partial charge is 0.417 e. The Bertz CT molecular complexity index is 1300. The number of benzene rings is 3. The Morgan fingerprint density at radius 2 is 2.06 bits per heavy atom. The number of nitrogens with zero attached hydrogens (tertiary/aromatic N) is 1. The van der Waals surface area contributed by atoms with Crippen LogP contribution >= 0.6 is 0 Å². The highest BCUT2D eigenvalue weighted by molar-refractivity contribution is 6.00. The molecular weight excluding hydrogens is 428 g/mol. The number of anilines is 1. The van der Waals surface area contributed by atoms with Crippen molar-refractivity contribution in [2.75, 3.05) is 18.4 Å². The van der Waals surface area contributed by atoms with Gasteiger partial charge >= 0.3 is 6.09 Å². The highest BCUT2D eigenvalue weighted by Crippen LogP contribution is 2.55. The molecule has 6 heteroatoms. The number of hydrogen-bond donors (Lipinski definition) is 2. The summed E-state index contributed by atoms with van der Waals surface area (Å²) in [5.74, 6) is 1.05. The quantitative estimate of drug-likeness (QED) is 0.543. The molecule has 0 saturated heterocycles. The van der Waals surface area contributed by atoms with Gasteiger partial charge in [-0.2, -0.15) is 0 Å². The van der Waals surface area contributed by atoms with E-state index in [9.17, 15) is 9.90 Å². The van der Waals surface area contributed by atoms with Crippen molar-refractivity contribution in [3.63, 3.8) is 0 Å². The summed E-state index contributed by atoms with van der Waals surface area (Å²) in [4.78, 5) is 15.4. The number of ether oxygens (including phenoxy) is 2. The maximum absolute atomic E-state index is 13.0. The van der Waals surface area contributed by atoms with Crippen LogP contribution in [-0.2, 0) is 12.0 Å². The highest BCUT2D eigenvalue weighted by atomic mass is 16.6. The predicted molar refractivity (Wildman–Crippen MR) is 131 cm³/mol. The van der Waals surface area contributed by atoms with Crippen molar-refractivity contribution in [1.29, 1.82) is 0 Å². The van der Waals surface area contributed by atoms with Crippen molar-refractivity contribution in [2.45, 2.75) is 43.9 Å².